The maximum absolute atomic E-state index is 13.1. The summed E-state index contributed by atoms with van der Waals surface area (Å²) in [5.41, 5.74) is 2.15. The number of likely N-dealkylation sites (tertiary alicyclic amines) is 1. The van der Waals surface area contributed by atoms with Gasteiger partial charge in [0.2, 0.25) is 11.8 Å². The van der Waals surface area contributed by atoms with Crippen LogP contribution in [0.2, 0.25) is 0 Å². The molecule has 2 atom stereocenters. The van der Waals surface area contributed by atoms with Gasteiger partial charge in [0.1, 0.15) is 5.75 Å². The van der Waals surface area contributed by atoms with Gasteiger partial charge in [0.15, 0.2) is 0 Å². The Morgan fingerprint density at radius 2 is 1.70 bits per heavy atom. The standard InChI is InChI=1S/C25H30N2O3/c1-30-21-13-11-19(12-14-21)22-16-27(25(29)20-9-5-6-10-20)17-23(22)24(28)26-15-18-7-3-2-4-8-18/h2-4,7-8,11-14,20,22-23H,5-6,9-10,15-17H2,1H3,(H,26,28)/t22-,23+/m1/s1. The van der Waals surface area contributed by atoms with Gasteiger partial charge in [0.05, 0.1) is 13.0 Å². The Kier molecular flexibility index (Phi) is 6.36. The molecule has 1 saturated heterocycles. The van der Waals surface area contributed by atoms with Gasteiger partial charge in [-0.25, -0.2) is 0 Å². The maximum atomic E-state index is 13.1. The van der Waals surface area contributed by atoms with Crippen LogP contribution in [0.5, 0.6) is 5.75 Å². The Labute approximate surface area is 178 Å². The molecule has 4 rings (SSSR count). The van der Waals surface area contributed by atoms with E-state index in [4.69, 9.17) is 4.74 Å². The van der Waals surface area contributed by atoms with E-state index in [9.17, 15) is 9.59 Å². The molecule has 5 heteroatoms. The Bertz CT molecular complexity index is 860. The molecule has 1 aliphatic heterocycles. The summed E-state index contributed by atoms with van der Waals surface area (Å²) >= 11 is 0. The highest BCUT2D eigenvalue weighted by Crippen LogP contribution is 2.36. The van der Waals surface area contributed by atoms with Crippen LogP contribution in [-0.4, -0.2) is 36.9 Å². The zero-order valence-corrected chi connectivity index (χ0v) is 17.5. The van der Waals surface area contributed by atoms with Crippen molar-refractivity contribution in [2.75, 3.05) is 20.2 Å². The number of methoxy groups -OCH3 is 1. The molecular weight excluding hydrogens is 376 g/mol. The molecule has 1 aliphatic carbocycles. The van der Waals surface area contributed by atoms with Crippen molar-refractivity contribution in [3.8, 4) is 5.75 Å². The second-order valence-corrected chi connectivity index (χ2v) is 8.41. The van der Waals surface area contributed by atoms with E-state index >= 15 is 0 Å². The van der Waals surface area contributed by atoms with Crippen molar-refractivity contribution in [3.05, 3.63) is 65.7 Å². The molecule has 2 amide bonds. The van der Waals surface area contributed by atoms with Crippen molar-refractivity contribution >= 4 is 11.8 Å². The highest BCUT2D eigenvalue weighted by molar-refractivity contribution is 5.84. The average Bonchev–Trinajstić information content (AvgIpc) is 3.48. The lowest BCUT2D eigenvalue weighted by atomic mass is 9.88. The van der Waals surface area contributed by atoms with Crippen LogP contribution in [0.3, 0.4) is 0 Å². The fourth-order valence-corrected chi connectivity index (χ4v) is 4.79. The zero-order valence-electron chi connectivity index (χ0n) is 17.5. The van der Waals surface area contributed by atoms with Crippen LogP contribution in [-0.2, 0) is 16.1 Å². The third-order valence-electron chi connectivity index (χ3n) is 6.53. The fraction of sp³-hybridized carbons (Fsp3) is 0.440. The molecule has 30 heavy (non-hydrogen) atoms. The predicted molar refractivity (Wildman–Crippen MR) is 116 cm³/mol. The quantitative estimate of drug-likeness (QED) is 0.795. The van der Waals surface area contributed by atoms with Gasteiger partial charge in [-0.15, -0.1) is 0 Å². The van der Waals surface area contributed by atoms with Gasteiger partial charge >= 0.3 is 0 Å². The molecule has 0 aromatic heterocycles. The van der Waals surface area contributed by atoms with Crippen molar-refractivity contribution in [3.63, 3.8) is 0 Å². The Morgan fingerprint density at radius 1 is 1.00 bits per heavy atom. The van der Waals surface area contributed by atoms with Gasteiger partial charge < -0.3 is 15.0 Å². The third kappa shape index (κ3) is 4.50. The first-order valence-electron chi connectivity index (χ1n) is 10.9. The van der Waals surface area contributed by atoms with Crippen LogP contribution in [0.1, 0.15) is 42.7 Å². The molecule has 2 fully saturated rings. The summed E-state index contributed by atoms with van der Waals surface area (Å²) in [6.45, 7) is 1.60. The SMILES string of the molecule is COc1ccc([C@H]2CN(C(=O)C3CCCC3)C[C@@H]2C(=O)NCc2ccccc2)cc1. The number of nitrogens with zero attached hydrogens (tertiary/aromatic N) is 1. The molecule has 0 unspecified atom stereocenters. The molecule has 5 nitrogen and oxygen atoms in total. The van der Waals surface area contributed by atoms with Gasteiger partial charge in [-0.3, -0.25) is 9.59 Å². The van der Waals surface area contributed by atoms with Gasteiger partial charge in [-0.05, 0) is 36.1 Å². The van der Waals surface area contributed by atoms with Gasteiger partial charge in [0.25, 0.3) is 0 Å². The number of carbonyl (C=O) groups is 2. The summed E-state index contributed by atoms with van der Waals surface area (Å²) in [4.78, 5) is 28.1. The van der Waals surface area contributed by atoms with Crippen molar-refractivity contribution in [1.82, 2.24) is 10.2 Å². The largest absolute Gasteiger partial charge is 0.497 e. The average molecular weight is 407 g/mol. The van der Waals surface area contributed by atoms with Crippen LogP contribution in [0.4, 0.5) is 0 Å². The van der Waals surface area contributed by atoms with Crippen molar-refractivity contribution in [1.29, 1.82) is 0 Å². The highest BCUT2D eigenvalue weighted by atomic mass is 16.5. The van der Waals surface area contributed by atoms with Crippen molar-refractivity contribution in [2.45, 2.75) is 38.1 Å². The number of carbonyl (C=O) groups excluding carboxylic acids is 2. The van der Waals surface area contributed by atoms with Crippen molar-refractivity contribution in [2.24, 2.45) is 11.8 Å². The summed E-state index contributed by atoms with van der Waals surface area (Å²) in [5.74, 6) is 0.920. The maximum Gasteiger partial charge on any atom is 0.225 e. The number of nitrogens with one attached hydrogen (secondary N) is 1. The predicted octanol–water partition coefficient (Wildman–Crippen LogP) is 3.74. The normalized spacial score (nSPS) is 21.6. The second kappa shape index (κ2) is 9.33. The number of hydrogen-bond donors (Lipinski definition) is 1. The molecule has 1 N–H and O–H groups in total. The van der Waals surface area contributed by atoms with Gasteiger partial charge in [-0.1, -0.05) is 55.3 Å². The highest BCUT2D eigenvalue weighted by Gasteiger charge is 2.42. The van der Waals surface area contributed by atoms with E-state index < -0.39 is 0 Å². The van der Waals surface area contributed by atoms with E-state index in [0.717, 1.165) is 42.6 Å². The Hall–Kier alpha value is -2.82. The molecule has 0 spiro atoms. The minimum absolute atomic E-state index is 0.00275. The van der Waals surface area contributed by atoms with Crippen molar-refractivity contribution < 1.29 is 14.3 Å². The summed E-state index contributed by atoms with van der Waals surface area (Å²) < 4.78 is 5.28. The van der Waals surface area contributed by atoms with E-state index in [1.165, 1.54) is 0 Å². The van der Waals surface area contributed by atoms with E-state index in [2.05, 4.69) is 5.32 Å². The van der Waals surface area contributed by atoms with Crippen LogP contribution >= 0.6 is 0 Å². The number of rotatable bonds is 6. The minimum atomic E-state index is -0.243. The number of amides is 2. The Balaban J connectivity index is 1.50. The van der Waals surface area contributed by atoms with Crippen LogP contribution in [0.25, 0.3) is 0 Å². The third-order valence-corrected chi connectivity index (χ3v) is 6.53. The first kappa shape index (κ1) is 20.5. The summed E-state index contributed by atoms with van der Waals surface area (Å²) in [6, 6.07) is 17.8. The molecule has 0 bridgehead atoms. The zero-order chi connectivity index (χ0) is 20.9. The lowest BCUT2D eigenvalue weighted by Gasteiger charge is -2.20. The molecule has 2 aromatic carbocycles. The Morgan fingerprint density at radius 3 is 2.37 bits per heavy atom. The molecule has 0 radical (unpaired) electrons. The topological polar surface area (TPSA) is 58.6 Å². The number of hydrogen-bond acceptors (Lipinski definition) is 3. The van der Waals surface area contributed by atoms with E-state index in [1.54, 1.807) is 7.11 Å². The minimum Gasteiger partial charge on any atom is -0.497 e. The lowest BCUT2D eigenvalue weighted by molar-refractivity contribution is -0.134. The van der Waals surface area contributed by atoms with E-state index in [1.807, 2.05) is 59.5 Å². The molecular formula is C25H30N2O3. The van der Waals surface area contributed by atoms with E-state index in [0.29, 0.717) is 19.6 Å². The number of ether oxygens (including phenoxy) is 1. The molecule has 1 heterocycles. The van der Waals surface area contributed by atoms with Gasteiger partial charge in [-0.2, -0.15) is 0 Å². The fourth-order valence-electron chi connectivity index (χ4n) is 4.79. The smallest absolute Gasteiger partial charge is 0.225 e. The molecule has 158 valence electrons. The second-order valence-electron chi connectivity index (χ2n) is 8.41. The van der Waals surface area contributed by atoms with Crippen LogP contribution < -0.4 is 10.1 Å². The van der Waals surface area contributed by atoms with E-state index in [-0.39, 0.29) is 29.6 Å². The van der Waals surface area contributed by atoms with Gasteiger partial charge in [0, 0.05) is 31.5 Å². The van der Waals surface area contributed by atoms with Crippen LogP contribution in [0, 0.1) is 11.8 Å². The summed E-state index contributed by atoms with van der Waals surface area (Å²) in [7, 11) is 1.65. The monoisotopic (exact) mass is 406 g/mol. The first-order valence-corrected chi connectivity index (χ1v) is 10.9. The lowest BCUT2D eigenvalue weighted by Crippen LogP contribution is -2.36. The van der Waals surface area contributed by atoms with Crippen LogP contribution in [0.15, 0.2) is 54.6 Å². The molecule has 1 saturated carbocycles. The molecule has 2 aliphatic rings. The summed E-state index contributed by atoms with van der Waals surface area (Å²) in [6.07, 6.45) is 4.22. The first-order chi connectivity index (χ1) is 14.7. The number of benzene rings is 2. The molecule has 2 aromatic rings. The summed E-state index contributed by atoms with van der Waals surface area (Å²) in [5, 5.41) is 3.09.